The van der Waals surface area contributed by atoms with Crippen molar-refractivity contribution < 1.29 is 14.9 Å². The van der Waals surface area contributed by atoms with Crippen LogP contribution in [-0.4, -0.2) is 53.6 Å². The summed E-state index contributed by atoms with van der Waals surface area (Å²) in [6.45, 7) is 2.63. The minimum Gasteiger partial charge on any atom is -0.396 e. The molecule has 1 aromatic rings. The molecule has 1 saturated heterocycles. The number of ether oxygens (including phenoxy) is 1. The van der Waals surface area contributed by atoms with Gasteiger partial charge in [-0.3, -0.25) is 4.90 Å². The van der Waals surface area contributed by atoms with Crippen LogP contribution < -0.4 is 0 Å². The van der Waals surface area contributed by atoms with Crippen LogP contribution in [0.5, 0.6) is 0 Å². The summed E-state index contributed by atoms with van der Waals surface area (Å²) in [6, 6.07) is 7.92. The first kappa shape index (κ1) is 17.7. The average Bonchev–Trinajstić information content (AvgIpc) is 2.51. The van der Waals surface area contributed by atoms with E-state index >= 15 is 0 Å². The van der Waals surface area contributed by atoms with E-state index in [4.69, 9.17) is 21.4 Å². The molecule has 2 atom stereocenters. The molecule has 0 amide bonds. The number of aliphatic hydroxyl groups is 2. The number of nitrogens with zero attached hydrogens (tertiary/aromatic N) is 1. The summed E-state index contributed by atoms with van der Waals surface area (Å²) in [7, 11) is 0. The Kier molecular flexibility index (Phi) is 7.63. The van der Waals surface area contributed by atoms with Crippen LogP contribution in [0.25, 0.3) is 0 Å². The molecule has 1 aliphatic rings. The molecule has 1 fully saturated rings. The number of β-amino-alcohol motifs (C(OH)–C–C–N with tert-alkyl or cyclic N) is 1. The quantitative estimate of drug-likeness (QED) is 0.770. The second-order valence-corrected chi connectivity index (χ2v) is 6.39. The first-order valence-electron chi connectivity index (χ1n) is 8.04. The van der Waals surface area contributed by atoms with Crippen LogP contribution in [0.4, 0.5) is 0 Å². The van der Waals surface area contributed by atoms with Crippen molar-refractivity contribution in [1.29, 1.82) is 0 Å². The SMILES string of the molecule is OCC[C@@H]1CCCCN1C[C@H](O)COCc1ccc(Cl)cc1. The van der Waals surface area contributed by atoms with Crippen molar-refractivity contribution in [2.45, 2.75) is 44.4 Å². The molecule has 0 aliphatic carbocycles. The standard InChI is InChI=1S/C17H26ClNO3/c18-15-6-4-14(5-7-15)12-22-13-17(21)11-19-9-2-1-3-16(19)8-10-20/h4-7,16-17,20-21H,1-3,8-13H2/t16-,17-/m0/s1. The van der Waals surface area contributed by atoms with Gasteiger partial charge in [0.05, 0.1) is 19.3 Å². The van der Waals surface area contributed by atoms with Gasteiger partial charge in [0.15, 0.2) is 0 Å². The molecule has 0 radical (unpaired) electrons. The third-order valence-corrected chi connectivity index (χ3v) is 4.40. The Bertz CT molecular complexity index is 424. The molecule has 1 aliphatic heterocycles. The molecule has 124 valence electrons. The largest absolute Gasteiger partial charge is 0.396 e. The first-order chi connectivity index (χ1) is 10.7. The molecule has 0 aromatic heterocycles. The van der Waals surface area contributed by atoms with Gasteiger partial charge in [0.2, 0.25) is 0 Å². The van der Waals surface area contributed by atoms with Crippen LogP contribution in [0.1, 0.15) is 31.2 Å². The predicted octanol–water partition coefficient (Wildman–Crippen LogP) is 2.45. The second-order valence-electron chi connectivity index (χ2n) is 5.95. The minimum absolute atomic E-state index is 0.213. The normalized spacial score (nSPS) is 21.0. The smallest absolute Gasteiger partial charge is 0.0900 e. The molecule has 0 saturated carbocycles. The number of hydrogen-bond donors (Lipinski definition) is 2. The van der Waals surface area contributed by atoms with Crippen LogP contribution in [0.2, 0.25) is 5.02 Å². The summed E-state index contributed by atoms with van der Waals surface area (Å²) in [5.74, 6) is 0. The molecule has 0 spiro atoms. The Morgan fingerprint density at radius 2 is 2.05 bits per heavy atom. The van der Waals surface area contributed by atoms with Crippen molar-refractivity contribution in [3.8, 4) is 0 Å². The maximum atomic E-state index is 10.2. The van der Waals surface area contributed by atoms with Crippen molar-refractivity contribution in [3.05, 3.63) is 34.9 Å². The van der Waals surface area contributed by atoms with Gasteiger partial charge >= 0.3 is 0 Å². The van der Waals surface area contributed by atoms with Gasteiger partial charge in [-0.2, -0.15) is 0 Å². The lowest BCUT2D eigenvalue weighted by Crippen LogP contribution is -2.45. The maximum absolute atomic E-state index is 10.2. The molecule has 4 nitrogen and oxygen atoms in total. The van der Waals surface area contributed by atoms with Crippen LogP contribution in [-0.2, 0) is 11.3 Å². The van der Waals surface area contributed by atoms with Crippen LogP contribution in [0.15, 0.2) is 24.3 Å². The average molecular weight is 328 g/mol. The summed E-state index contributed by atoms with van der Waals surface area (Å²) < 4.78 is 5.59. The first-order valence-corrected chi connectivity index (χ1v) is 8.42. The zero-order valence-electron chi connectivity index (χ0n) is 13.0. The fourth-order valence-electron chi connectivity index (χ4n) is 2.99. The Morgan fingerprint density at radius 1 is 1.27 bits per heavy atom. The van der Waals surface area contributed by atoms with Crippen molar-refractivity contribution in [1.82, 2.24) is 4.90 Å². The van der Waals surface area contributed by atoms with Crippen molar-refractivity contribution in [3.63, 3.8) is 0 Å². The van der Waals surface area contributed by atoms with Gasteiger partial charge < -0.3 is 14.9 Å². The minimum atomic E-state index is -0.494. The molecule has 22 heavy (non-hydrogen) atoms. The lowest BCUT2D eigenvalue weighted by Gasteiger charge is -2.36. The summed E-state index contributed by atoms with van der Waals surface area (Å²) in [5, 5.41) is 20.0. The predicted molar refractivity (Wildman–Crippen MR) is 88.0 cm³/mol. The highest BCUT2D eigenvalue weighted by Crippen LogP contribution is 2.19. The second kappa shape index (κ2) is 9.48. The molecule has 0 unspecified atom stereocenters. The Balaban J connectivity index is 1.70. The van der Waals surface area contributed by atoms with E-state index in [9.17, 15) is 5.11 Å². The highest BCUT2D eigenvalue weighted by atomic mass is 35.5. The fourth-order valence-corrected chi connectivity index (χ4v) is 3.12. The molecule has 0 bridgehead atoms. The highest BCUT2D eigenvalue weighted by molar-refractivity contribution is 6.30. The van der Waals surface area contributed by atoms with Crippen LogP contribution in [0, 0.1) is 0 Å². The summed E-state index contributed by atoms with van der Waals surface area (Å²) in [4.78, 5) is 2.29. The number of aliphatic hydroxyl groups excluding tert-OH is 2. The molecular weight excluding hydrogens is 302 g/mol. The van der Waals surface area contributed by atoms with E-state index in [1.807, 2.05) is 24.3 Å². The van der Waals surface area contributed by atoms with E-state index in [1.54, 1.807) is 0 Å². The summed E-state index contributed by atoms with van der Waals surface area (Å²) >= 11 is 5.84. The van der Waals surface area contributed by atoms with Crippen LogP contribution in [0.3, 0.4) is 0 Å². The van der Waals surface area contributed by atoms with E-state index in [0.717, 1.165) is 24.9 Å². The molecule has 1 heterocycles. The van der Waals surface area contributed by atoms with Gasteiger partial charge in [-0.1, -0.05) is 30.2 Å². The van der Waals surface area contributed by atoms with E-state index in [1.165, 1.54) is 12.8 Å². The van der Waals surface area contributed by atoms with E-state index < -0.39 is 6.10 Å². The number of halogens is 1. The summed E-state index contributed by atoms with van der Waals surface area (Å²) in [6.07, 6.45) is 3.79. The number of rotatable bonds is 8. The highest BCUT2D eigenvalue weighted by Gasteiger charge is 2.23. The molecule has 5 heteroatoms. The number of benzene rings is 1. The van der Waals surface area contributed by atoms with Crippen molar-refractivity contribution in [2.24, 2.45) is 0 Å². The third kappa shape index (κ3) is 5.86. The van der Waals surface area contributed by atoms with Gasteiger partial charge in [-0.25, -0.2) is 0 Å². The number of hydrogen-bond acceptors (Lipinski definition) is 4. The molecule has 2 N–H and O–H groups in total. The Labute approximate surface area is 137 Å². The van der Waals surface area contributed by atoms with Gasteiger partial charge in [-0.05, 0) is 43.5 Å². The lowest BCUT2D eigenvalue weighted by atomic mass is 9.99. The lowest BCUT2D eigenvalue weighted by molar-refractivity contribution is -0.00605. The van der Waals surface area contributed by atoms with E-state index in [-0.39, 0.29) is 6.61 Å². The van der Waals surface area contributed by atoms with Crippen molar-refractivity contribution in [2.75, 3.05) is 26.3 Å². The maximum Gasteiger partial charge on any atom is 0.0900 e. The zero-order chi connectivity index (χ0) is 15.8. The Morgan fingerprint density at radius 3 is 2.77 bits per heavy atom. The van der Waals surface area contributed by atoms with Gasteiger partial charge in [0.1, 0.15) is 0 Å². The number of piperidine rings is 1. The fraction of sp³-hybridized carbons (Fsp3) is 0.647. The number of likely N-dealkylation sites (tertiary alicyclic amines) is 1. The van der Waals surface area contributed by atoms with Gasteiger partial charge in [0.25, 0.3) is 0 Å². The zero-order valence-corrected chi connectivity index (χ0v) is 13.7. The summed E-state index contributed by atoms with van der Waals surface area (Å²) in [5.41, 5.74) is 1.05. The third-order valence-electron chi connectivity index (χ3n) is 4.15. The van der Waals surface area contributed by atoms with Gasteiger partial charge in [0, 0.05) is 24.2 Å². The van der Waals surface area contributed by atoms with E-state index in [2.05, 4.69) is 4.90 Å². The topological polar surface area (TPSA) is 52.9 Å². The Hall–Kier alpha value is -0.650. The van der Waals surface area contributed by atoms with Gasteiger partial charge in [-0.15, -0.1) is 0 Å². The molecular formula is C17H26ClNO3. The molecule has 1 aromatic carbocycles. The molecule has 2 rings (SSSR count). The monoisotopic (exact) mass is 327 g/mol. The van der Waals surface area contributed by atoms with Crippen LogP contribution >= 0.6 is 11.6 Å². The van der Waals surface area contributed by atoms with E-state index in [0.29, 0.717) is 30.8 Å². The van der Waals surface area contributed by atoms with Crippen molar-refractivity contribution >= 4 is 11.6 Å².